The Morgan fingerprint density at radius 1 is 1.40 bits per heavy atom. The maximum atomic E-state index is 6.05. The molecule has 0 aromatic heterocycles. The van der Waals surface area contributed by atoms with Crippen molar-refractivity contribution in [2.45, 2.75) is 24.9 Å². The summed E-state index contributed by atoms with van der Waals surface area (Å²) in [6.45, 7) is 10.0. The quantitative estimate of drug-likeness (QED) is 0.652. The molecule has 0 radical (unpaired) electrons. The van der Waals surface area contributed by atoms with Crippen LogP contribution in [-0.2, 0) is 4.74 Å². The van der Waals surface area contributed by atoms with Crippen LogP contribution in [0.3, 0.4) is 0 Å². The van der Waals surface area contributed by atoms with Gasteiger partial charge in [0.05, 0.1) is 0 Å². The van der Waals surface area contributed by atoms with Gasteiger partial charge >= 0.3 is 0 Å². The van der Waals surface area contributed by atoms with Gasteiger partial charge in [-0.25, -0.2) is 0 Å². The van der Waals surface area contributed by atoms with Gasteiger partial charge in [0, 0.05) is 32.4 Å². The molecule has 0 saturated carbocycles. The summed E-state index contributed by atoms with van der Waals surface area (Å²) in [5.41, 5.74) is 1.16. The zero-order valence-electron chi connectivity index (χ0n) is 9.46. The molecule has 0 atom stereocenters. The number of nitrogens with zero attached hydrogens (tertiary/aromatic N) is 1. The zero-order valence-corrected chi connectivity index (χ0v) is 9.46. The van der Waals surface area contributed by atoms with E-state index >= 15 is 0 Å². The average Bonchev–Trinajstić information content (AvgIpc) is 2.50. The Bertz CT molecular complexity index is 308. The molecule has 0 aromatic rings. The molecule has 0 unspecified atom stereocenters. The maximum absolute atomic E-state index is 6.05. The predicted octanol–water partition coefficient (Wildman–Crippen LogP) is 2.50. The smallest absolute Gasteiger partial charge is 0.122 e. The van der Waals surface area contributed by atoms with E-state index in [1.807, 2.05) is 6.08 Å². The lowest BCUT2D eigenvalue weighted by Crippen LogP contribution is -2.42. The molecular weight excluding hydrogens is 186 g/mol. The fourth-order valence-electron chi connectivity index (χ4n) is 2.38. The second kappa shape index (κ2) is 3.86. The second-order valence-electron chi connectivity index (χ2n) is 4.64. The normalized spacial score (nSPS) is 28.3. The first-order valence-electron chi connectivity index (χ1n) is 5.54. The Balaban J connectivity index is 2.10. The van der Waals surface area contributed by atoms with Crippen molar-refractivity contribution in [2.24, 2.45) is 0 Å². The van der Waals surface area contributed by atoms with Crippen molar-refractivity contribution in [3.05, 3.63) is 36.6 Å². The molecule has 0 aromatic carbocycles. The SMILES string of the molecule is C=C/C=C1/OC2(CCN(C)CC2)CC1=C. The van der Waals surface area contributed by atoms with Crippen LogP contribution >= 0.6 is 0 Å². The molecule has 2 saturated heterocycles. The fourth-order valence-corrected chi connectivity index (χ4v) is 2.38. The van der Waals surface area contributed by atoms with Crippen molar-refractivity contribution in [3.8, 4) is 0 Å². The van der Waals surface area contributed by atoms with E-state index in [1.165, 1.54) is 0 Å². The van der Waals surface area contributed by atoms with Gasteiger partial charge in [-0.15, -0.1) is 0 Å². The first-order valence-corrected chi connectivity index (χ1v) is 5.54. The van der Waals surface area contributed by atoms with Crippen molar-refractivity contribution >= 4 is 0 Å². The number of hydrogen-bond donors (Lipinski definition) is 0. The molecule has 2 heteroatoms. The van der Waals surface area contributed by atoms with Crippen LogP contribution in [0.15, 0.2) is 36.6 Å². The summed E-state index contributed by atoms with van der Waals surface area (Å²) >= 11 is 0. The van der Waals surface area contributed by atoms with E-state index in [0.29, 0.717) is 0 Å². The topological polar surface area (TPSA) is 12.5 Å². The highest BCUT2D eigenvalue weighted by Gasteiger charge is 2.42. The molecule has 15 heavy (non-hydrogen) atoms. The first-order chi connectivity index (χ1) is 7.15. The lowest BCUT2D eigenvalue weighted by atomic mass is 9.88. The Morgan fingerprint density at radius 3 is 2.67 bits per heavy atom. The molecule has 0 amide bonds. The van der Waals surface area contributed by atoms with Crippen LogP contribution in [0.5, 0.6) is 0 Å². The zero-order chi connectivity index (χ0) is 10.9. The summed E-state index contributed by atoms with van der Waals surface area (Å²) < 4.78 is 6.05. The van der Waals surface area contributed by atoms with Crippen LogP contribution in [-0.4, -0.2) is 30.6 Å². The number of allylic oxidation sites excluding steroid dienone is 3. The molecule has 1 spiro atoms. The van der Waals surface area contributed by atoms with Crippen LogP contribution in [0.2, 0.25) is 0 Å². The lowest BCUT2D eigenvalue weighted by molar-refractivity contribution is -0.0128. The molecule has 0 bridgehead atoms. The predicted molar refractivity (Wildman–Crippen MR) is 62.6 cm³/mol. The first kappa shape index (κ1) is 10.5. The third-order valence-corrected chi connectivity index (χ3v) is 3.38. The molecule has 2 rings (SSSR count). The van der Waals surface area contributed by atoms with Crippen LogP contribution in [0, 0.1) is 0 Å². The Labute approximate surface area is 91.9 Å². The highest BCUT2D eigenvalue weighted by atomic mass is 16.5. The minimum Gasteiger partial charge on any atom is -0.487 e. The highest BCUT2D eigenvalue weighted by Crippen LogP contribution is 2.42. The van der Waals surface area contributed by atoms with Crippen molar-refractivity contribution < 1.29 is 4.74 Å². The van der Waals surface area contributed by atoms with E-state index in [9.17, 15) is 0 Å². The third kappa shape index (κ3) is 2.00. The molecule has 2 fully saturated rings. The largest absolute Gasteiger partial charge is 0.487 e. The van der Waals surface area contributed by atoms with Gasteiger partial charge < -0.3 is 9.64 Å². The van der Waals surface area contributed by atoms with Gasteiger partial charge in [0.15, 0.2) is 0 Å². The average molecular weight is 205 g/mol. The van der Waals surface area contributed by atoms with Gasteiger partial charge in [-0.3, -0.25) is 0 Å². The molecule has 2 nitrogen and oxygen atoms in total. The minimum atomic E-state index is 0.0401. The highest BCUT2D eigenvalue weighted by molar-refractivity contribution is 5.33. The van der Waals surface area contributed by atoms with Crippen molar-refractivity contribution in [2.75, 3.05) is 20.1 Å². The van der Waals surface area contributed by atoms with Crippen LogP contribution in [0.4, 0.5) is 0 Å². The van der Waals surface area contributed by atoms with Crippen LogP contribution in [0.25, 0.3) is 0 Å². The second-order valence-corrected chi connectivity index (χ2v) is 4.64. The summed E-state index contributed by atoms with van der Waals surface area (Å²) in [6.07, 6.45) is 6.90. The van der Waals surface area contributed by atoms with Crippen LogP contribution in [0.1, 0.15) is 19.3 Å². The maximum Gasteiger partial charge on any atom is 0.122 e. The molecule has 2 aliphatic rings. The summed E-state index contributed by atoms with van der Waals surface area (Å²) in [4.78, 5) is 2.35. The van der Waals surface area contributed by atoms with E-state index in [1.54, 1.807) is 6.08 Å². The Morgan fingerprint density at radius 2 is 2.07 bits per heavy atom. The van der Waals surface area contributed by atoms with Crippen molar-refractivity contribution in [3.63, 3.8) is 0 Å². The number of rotatable bonds is 1. The monoisotopic (exact) mass is 205 g/mol. The summed E-state index contributed by atoms with van der Waals surface area (Å²) in [5, 5.41) is 0. The minimum absolute atomic E-state index is 0.0401. The van der Waals surface area contributed by atoms with E-state index in [2.05, 4.69) is 25.1 Å². The Hall–Kier alpha value is -1.02. The molecular formula is C13H19NO. The van der Waals surface area contributed by atoms with Gasteiger partial charge in [0.25, 0.3) is 0 Å². The van der Waals surface area contributed by atoms with Crippen molar-refractivity contribution in [1.29, 1.82) is 0 Å². The number of hydrogen-bond acceptors (Lipinski definition) is 2. The molecule has 0 N–H and O–H groups in total. The lowest BCUT2D eigenvalue weighted by Gasteiger charge is -2.36. The number of likely N-dealkylation sites (tertiary alicyclic amines) is 1. The summed E-state index contributed by atoms with van der Waals surface area (Å²) in [5.74, 6) is 0.939. The van der Waals surface area contributed by atoms with E-state index in [0.717, 1.165) is 43.7 Å². The van der Waals surface area contributed by atoms with E-state index in [4.69, 9.17) is 4.74 Å². The van der Waals surface area contributed by atoms with E-state index in [-0.39, 0.29) is 5.60 Å². The van der Waals surface area contributed by atoms with Gasteiger partial charge in [-0.05, 0) is 18.7 Å². The number of ether oxygens (including phenoxy) is 1. The standard InChI is InChI=1S/C13H19NO/c1-4-5-12-11(2)10-13(15-12)6-8-14(3)9-7-13/h4-5H,1-2,6-10H2,3H3/b12-5+. The fraction of sp³-hybridized carbons (Fsp3) is 0.538. The van der Waals surface area contributed by atoms with Gasteiger partial charge in [0.2, 0.25) is 0 Å². The summed E-state index contributed by atoms with van der Waals surface area (Å²) in [7, 11) is 2.16. The number of piperidine rings is 1. The van der Waals surface area contributed by atoms with Gasteiger partial charge in [0.1, 0.15) is 11.4 Å². The molecule has 0 aliphatic carbocycles. The summed E-state index contributed by atoms with van der Waals surface area (Å²) in [6, 6.07) is 0. The van der Waals surface area contributed by atoms with E-state index < -0.39 is 0 Å². The third-order valence-electron chi connectivity index (χ3n) is 3.38. The Kier molecular flexibility index (Phi) is 2.70. The van der Waals surface area contributed by atoms with Gasteiger partial charge in [-0.2, -0.15) is 0 Å². The molecule has 82 valence electrons. The van der Waals surface area contributed by atoms with Crippen LogP contribution < -0.4 is 0 Å². The van der Waals surface area contributed by atoms with Crippen molar-refractivity contribution in [1.82, 2.24) is 4.90 Å². The molecule has 2 heterocycles. The van der Waals surface area contributed by atoms with Gasteiger partial charge in [-0.1, -0.05) is 19.2 Å². The molecule has 2 aliphatic heterocycles.